The van der Waals surface area contributed by atoms with Crippen LogP contribution in [0.25, 0.3) is 0 Å². The number of hydrogen-bond donors (Lipinski definition) is 0. The van der Waals surface area contributed by atoms with E-state index >= 15 is 0 Å². The monoisotopic (exact) mass is 262 g/mol. The number of methoxy groups -OCH3 is 1. The normalized spacial score (nSPS) is 22.6. The Hall–Kier alpha value is -1.84. The van der Waals surface area contributed by atoms with Gasteiger partial charge in [-0.2, -0.15) is 0 Å². The van der Waals surface area contributed by atoms with Crippen molar-refractivity contribution in [2.75, 3.05) is 7.11 Å². The first-order valence-electron chi connectivity index (χ1n) is 6.53. The lowest BCUT2D eigenvalue weighted by molar-refractivity contribution is -0.112. The van der Waals surface area contributed by atoms with Crippen molar-refractivity contribution in [3.8, 4) is 5.75 Å². The Kier molecular flexibility index (Phi) is 4.55. The van der Waals surface area contributed by atoms with Crippen LogP contribution in [0.1, 0.15) is 36.0 Å². The first-order chi connectivity index (χ1) is 9.22. The number of hydrogen-bond acceptors (Lipinski definition) is 4. The lowest BCUT2D eigenvalue weighted by atomic mass is 9.88. The molecular formula is C15H18O4. The summed E-state index contributed by atoms with van der Waals surface area (Å²) in [6.07, 6.45) is 4.09. The number of carbonyl (C=O) groups excluding carboxylic acids is 2. The van der Waals surface area contributed by atoms with Gasteiger partial charge in [0.25, 0.3) is 0 Å². The number of ether oxygens (including phenoxy) is 2. The molecule has 1 aliphatic carbocycles. The molecule has 0 heterocycles. The highest BCUT2D eigenvalue weighted by Gasteiger charge is 2.23. The molecule has 1 aliphatic rings. The Morgan fingerprint density at radius 2 is 1.79 bits per heavy atom. The van der Waals surface area contributed by atoms with Crippen LogP contribution in [0.5, 0.6) is 5.75 Å². The standard InChI is InChI=1S/C15H18O4/c1-18-13-8-4-12(5-9-13)15(17)19-14-6-2-11(10-16)3-7-14/h4-5,8-11,14H,2-3,6-7H2,1H3. The van der Waals surface area contributed by atoms with Gasteiger partial charge in [-0.25, -0.2) is 4.79 Å². The summed E-state index contributed by atoms with van der Waals surface area (Å²) in [6, 6.07) is 6.86. The molecule has 1 aromatic rings. The summed E-state index contributed by atoms with van der Waals surface area (Å²) >= 11 is 0. The van der Waals surface area contributed by atoms with Gasteiger partial charge in [0.15, 0.2) is 0 Å². The molecule has 0 aromatic heterocycles. The van der Waals surface area contributed by atoms with E-state index in [1.807, 2.05) is 0 Å². The van der Waals surface area contributed by atoms with Gasteiger partial charge in [0.05, 0.1) is 12.7 Å². The fraction of sp³-hybridized carbons (Fsp3) is 0.467. The van der Waals surface area contributed by atoms with Gasteiger partial charge < -0.3 is 14.3 Å². The molecular weight excluding hydrogens is 244 g/mol. The average Bonchev–Trinajstić information content (AvgIpc) is 2.48. The van der Waals surface area contributed by atoms with Crippen molar-refractivity contribution in [2.45, 2.75) is 31.8 Å². The van der Waals surface area contributed by atoms with Gasteiger partial charge >= 0.3 is 5.97 Å². The maximum absolute atomic E-state index is 11.9. The number of carbonyl (C=O) groups is 2. The van der Waals surface area contributed by atoms with Crippen LogP contribution >= 0.6 is 0 Å². The summed E-state index contributed by atoms with van der Waals surface area (Å²) in [5.41, 5.74) is 0.526. The first-order valence-corrected chi connectivity index (χ1v) is 6.53. The Morgan fingerprint density at radius 1 is 1.16 bits per heavy atom. The molecule has 0 saturated heterocycles. The zero-order chi connectivity index (χ0) is 13.7. The van der Waals surface area contributed by atoms with E-state index in [4.69, 9.17) is 9.47 Å². The lowest BCUT2D eigenvalue weighted by Crippen LogP contribution is -2.25. The van der Waals surface area contributed by atoms with Crippen LogP contribution in [-0.2, 0) is 9.53 Å². The molecule has 0 N–H and O–H groups in total. The van der Waals surface area contributed by atoms with Crippen LogP contribution in [0, 0.1) is 5.92 Å². The molecule has 0 unspecified atom stereocenters. The molecule has 0 bridgehead atoms. The molecule has 0 radical (unpaired) electrons. The maximum atomic E-state index is 11.9. The zero-order valence-corrected chi connectivity index (χ0v) is 11.0. The van der Waals surface area contributed by atoms with Gasteiger partial charge in [-0.1, -0.05) is 0 Å². The molecule has 0 amide bonds. The Morgan fingerprint density at radius 3 is 2.32 bits per heavy atom. The maximum Gasteiger partial charge on any atom is 0.338 e. The van der Waals surface area contributed by atoms with Crippen LogP contribution in [0.4, 0.5) is 0 Å². The van der Waals surface area contributed by atoms with Gasteiger partial charge in [0.1, 0.15) is 18.1 Å². The van der Waals surface area contributed by atoms with Crippen LogP contribution in [0.2, 0.25) is 0 Å². The molecule has 0 atom stereocenters. The van der Waals surface area contributed by atoms with E-state index < -0.39 is 0 Å². The molecule has 1 saturated carbocycles. The van der Waals surface area contributed by atoms with Crippen molar-refractivity contribution in [1.82, 2.24) is 0 Å². The molecule has 102 valence electrons. The molecule has 4 heteroatoms. The zero-order valence-electron chi connectivity index (χ0n) is 11.0. The van der Waals surface area contributed by atoms with Crippen LogP contribution in [-0.4, -0.2) is 25.5 Å². The largest absolute Gasteiger partial charge is 0.497 e. The third kappa shape index (κ3) is 3.56. The lowest BCUT2D eigenvalue weighted by Gasteiger charge is -2.25. The van der Waals surface area contributed by atoms with E-state index in [0.717, 1.165) is 32.0 Å². The highest BCUT2D eigenvalue weighted by Crippen LogP contribution is 2.25. The highest BCUT2D eigenvalue weighted by atomic mass is 16.5. The third-order valence-electron chi connectivity index (χ3n) is 3.51. The average molecular weight is 262 g/mol. The fourth-order valence-corrected chi connectivity index (χ4v) is 2.29. The Labute approximate surface area is 112 Å². The molecule has 0 aliphatic heterocycles. The highest BCUT2D eigenvalue weighted by molar-refractivity contribution is 5.89. The predicted octanol–water partition coefficient (Wildman–Crippen LogP) is 2.61. The van der Waals surface area contributed by atoms with Crippen molar-refractivity contribution >= 4 is 12.3 Å². The Balaban J connectivity index is 1.88. The minimum absolute atomic E-state index is 0.0641. The second-order valence-electron chi connectivity index (χ2n) is 4.81. The molecule has 1 fully saturated rings. The summed E-state index contributed by atoms with van der Waals surface area (Å²) in [7, 11) is 1.58. The van der Waals surface area contributed by atoms with E-state index in [1.54, 1.807) is 31.4 Å². The molecule has 2 rings (SSSR count). The fourth-order valence-electron chi connectivity index (χ4n) is 2.29. The van der Waals surface area contributed by atoms with E-state index in [-0.39, 0.29) is 18.0 Å². The van der Waals surface area contributed by atoms with Crippen LogP contribution < -0.4 is 4.74 Å². The molecule has 19 heavy (non-hydrogen) atoms. The smallest absolute Gasteiger partial charge is 0.338 e. The number of rotatable bonds is 4. The number of esters is 1. The van der Waals surface area contributed by atoms with Crippen molar-refractivity contribution in [3.63, 3.8) is 0 Å². The number of aldehydes is 1. The summed E-state index contributed by atoms with van der Waals surface area (Å²) in [5.74, 6) is 0.538. The van der Waals surface area contributed by atoms with Gasteiger partial charge in [-0.15, -0.1) is 0 Å². The number of benzene rings is 1. The van der Waals surface area contributed by atoms with E-state index in [1.165, 1.54) is 0 Å². The quantitative estimate of drug-likeness (QED) is 0.618. The second kappa shape index (κ2) is 6.36. The van der Waals surface area contributed by atoms with Crippen molar-refractivity contribution in [1.29, 1.82) is 0 Å². The van der Waals surface area contributed by atoms with Gasteiger partial charge in [-0.3, -0.25) is 0 Å². The SMILES string of the molecule is COc1ccc(C(=O)OC2CCC(C=O)CC2)cc1. The minimum atomic E-state index is -0.308. The summed E-state index contributed by atoms with van der Waals surface area (Å²) in [4.78, 5) is 22.6. The van der Waals surface area contributed by atoms with Crippen molar-refractivity contribution in [2.24, 2.45) is 5.92 Å². The summed E-state index contributed by atoms with van der Waals surface area (Å²) in [5, 5.41) is 0. The summed E-state index contributed by atoms with van der Waals surface area (Å²) < 4.78 is 10.5. The second-order valence-corrected chi connectivity index (χ2v) is 4.81. The third-order valence-corrected chi connectivity index (χ3v) is 3.51. The van der Waals surface area contributed by atoms with Crippen LogP contribution in [0.3, 0.4) is 0 Å². The minimum Gasteiger partial charge on any atom is -0.497 e. The Bertz CT molecular complexity index is 430. The van der Waals surface area contributed by atoms with Crippen molar-refractivity contribution in [3.05, 3.63) is 29.8 Å². The van der Waals surface area contributed by atoms with Crippen molar-refractivity contribution < 1.29 is 19.1 Å². The van der Waals surface area contributed by atoms with Crippen LogP contribution in [0.15, 0.2) is 24.3 Å². The predicted molar refractivity (Wildman–Crippen MR) is 70.2 cm³/mol. The topological polar surface area (TPSA) is 52.6 Å². The molecule has 0 spiro atoms. The van der Waals surface area contributed by atoms with Gasteiger partial charge in [0.2, 0.25) is 0 Å². The first kappa shape index (κ1) is 13.6. The summed E-state index contributed by atoms with van der Waals surface area (Å²) in [6.45, 7) is 0. The van der Waals surface area contributed by atoms with E-state index in [2.05, 4.69) is 0 Å². The van der Waals surface area contributed by atoms with Gasteiger partial charge in [-0.05, 0) is 49.9 Å². The van der Waals surface area contributed by atoms with Gasteiger partial charge in [0, 0.05) is 5.92 Å². The van der Waals surface area contributed by atoms with E-state index in [0.29, 0.717) is 11.3 Å². The van der Waals surface area contributed by atoms with E-state index in [9.17, 15) is 9.59 Å². The molecule has 1 aromatic carbocycles. The molecule has 4 nitrogen and oxygen atoms in total.